The molecular weight excluding hydrogens is 238 g/mol. The molecule has 0 aliphatic carbocycles. The van der Waals surface area contributed by atoms with Gasteiger partial charge in [0.1, 0.15) is 0 Å². The van der Waals surface area contributed by atoms with Crippen molar-refractivity contribution < 1.29 is 19.4 Å². The van der Waals surface area contributed by atoms with Gasteiger partial charge in [0.05, 0.1) is 30.6 Å². The van der Waals surface area contributed by atoms with Crippen LogP contribution in [0.3, 0.4) is 0 Å². The Morgan fingerprint density at radius 1 is 1.44 bits per heavy atom. The molecule has 3 N–H and O–H groups in total. The van der Waals surface area contributed by atoms with Crippen LogP contribution in [0.4, 0.5) is 5.69 Å². The summed E-state index contributed by atoms with van der Waals surface area (Å²) in [5.74, 6) is -1.35. The lowest BCUT2D eigenvalue weighted by molar-refractivity contribution is -0.115. The van der Waals surface area contributed by atoms with E-state index in [0.29, 0.717) is 18.8 Å². The number of carbonyl (C=O) groups excluding carboxylic acids is 1. The van der Waals surface area contributed by atoms with Crippen LogP contribution in [0.15, 0.2) is 18.5 Å². The number of ether oxygens (including phenoxy) is 1. The van der Waals surface area contributed by atoms with Gasteiger partial charge in [-0.25, -0.2) is 4.79 Å². The topological polar surface area (TPSA) is 101 Å². The fourth-order valence-corrected chi connectivity index (χ4v) is 1.21. The number of carbonyl (C=O) groups is 2. The lowest BCUT2D eigenvalue weighted by Crippen LogP contribution is -2.30. The van der Waals surface area contributed by atoms with E-state index in [9.17, 15) is 9.59 Å². The first-order valence-corrected chi connectivity index (χ1v) is 5.31. The van der Waals surface area contributed by atoms with Crippen LogP contribution < -0.4 is 10.6 Å². The molecule has 18 heavy (non-hydrogen) atoms. The Morgan fingerprint density at radius 2 is 2.22 bits per heavy atom. The number of pyridine rings is 1. The molecule has 0 radical (unpaired) electrons. The number of hydrogen-bond acceptors (Lipinski definition) is 5. The van der Waals surface area contributed by atoms with Gasteiger partial charge in [0.2, 0.25) is 5.91 Å². The zero-order valence-electron chi connectivity index (χ0n) is 9.97. The summed E-state index contributed by atoms with van der Waals surface area (Å²) in [6.45, 7) is 1.21. The van der Waals surface area contributed by atoms with Gasteiger partial charge < -0.3 is 20.5 Å². The highest BCUT2D eigenvalue weighted by Gasteiger charge is 2.06. The molecule has 1 heterocycles. The highest BCUT2D eigenvalue weighted by molar-refractivity contribution is 5.94. The van der Waals surface area contributed by atoms with Crippen molar-refractivity contribution in [3.8, 4) is 0 Å². The summed E-state index contributed by atoms with van der Waals surface area (Å²) in [4.78, 5) is 25.9. The second kappa shape index (κ2) is 7.36. The van der Waals surface area contributed by atoms with Crippen LogP contribution >= 0.6 is 0 Å². The van der Waals surface area contributed by atoms with Crippen molar-refractivity contribution in [3.63, 3.8) is 0 Å². The number of aromatic nitrogens is 1. The lowest BCUT2D eigenvalue weighted by atomic mass is 10.2. The van der Waals surface area contributed by atoms with Crippen molar-refractivity contribution in [1.29, 1.82) is 0 Å². The summed E-state index contributed by atoms with van der Waals surface area (Å²) in [6, 6.07) is 1.35. The first-order chi connectivity index (χ1) is 8.63. The maximum Gasteiger partial charge on any atom is 0.337 e. The smallest absolute Gasteiger partial charge is 0.337 e. The second-order valence-corrected chi connectivity index (χ2v) is 3.49. The van der Waals surface area contributed by atoms with Gasteiger partial charge in [-0.2, -0.15) is 0 Å². The molecule has 0 atom stereocenters. The molecule has 1 amide bonds. The quantitative estimate of drug-likeness (QED) is 0.589. The number of carboxylic acids is 1. The minimum absolute atomic E-state index is 0.0279. The van der Waals surface area contributed by atoms with Crippen LogP contribution in [-0.4, -0.2) is 48.8 Å². The van der Waals surface area contributed by atoms with Gasteiger partial charge in [0.15, 0.2) is 0 Å². The van der Waals surface area contributed by atoms with E-state index in [1.165, 1.54) is 18.5 Å². The van der Waals surface area contributed by atoms with E-state index in [4.69, 9.17) is 9.84 Å². The Morgan fingerprint density at radius 3 is 2.89 bits per heavy atom. The molecule has 0 aromatic carbocycles. The first-order valence-electron chi connectivity index (χ1n) is 5.31. The van der Waals surface area contributed by atoms with Crippen LogP contribution in [-0.2, 0) is 9.53 Å². The fraction of sp³-hybridized carbons (Fsp3) is 0.364. The third kappa shape index (κ3) is 4.89. The number of amides is 1. The van der Waals surface area contributed by atoms with E-state index in [0.717, 1.165) is 0 Å². The van der Waals surface area contributed by atoms with Gasteiger partial charge in [-0.05, 0) is 6.07 Å². The Bertz CT molecular complexity index is 423. The van der Waals surface area contributed by atoms with Crippen molar-refractivity contribution in [2.75, 3.05) is 32.1 Å². The molecule has 0 saturated carbocycles. The third-order valence-electron chi connectivity index (χ3n) is 2.04. The summed E-state index contributed by atoms with van der Waals surface area (Å²) in [5.41, 5.74) is 0.383. The van der Waals surface area contributed by atoms with Gasteiger partial charge in [0.25, 0.3) is 0 Å². The van der Waals surface area contributed by atoms with Crippen LogP contribution in [0.1, 0.15) is 10.4 Å². The highest BCUT2D eigenvalue weighted by Crippen LogP contribution is 2.07. The molecule has 0 aliphatic rings. The van der Waals surface area contributed by atoms with Crippen LogP contribution in [0.2, 0.25) is 0 Å². The van der Waals surface area contributed by atoms with Gasteiger partial charge in [-0.1, -0.05) is 0 Å². The summed E-state index contributed by atoms with van der Waals surface area (Å²) in [5, 5.41) is 14.2. The minimum atomic E-state index is -1.09. The molecule has 0 saturated heterocycles. The molecule has 98 valence electrons. The molecule has 7 nitrogen and oxygen atoms in total. The molecule has 0 unspecified atom stereocenters. The van der Waals surface area contributed by atoms with Gasteiger partial charge in [-0.15, -0.1) is 0 Å². The molecule has 0 fully saturated rings. The Kier molecular flexibility index (Phi) is 5.75. The summed E-state index contributed by atoms with van der Waals surface area (Å²) >= 11 is 0. The highest BCUT2D eigenvalue weighted by atomic mass is 16.5. The molecule has 1 aromatic heterocycles. The van der Waals surface area contributed by atoms with E-state index in [2.05, 4.69) is 15.6 Å². The third-order valence-corrected chi connectivity index (χ3v) is 2.04. The average Bonchev–Trinajstić information content (AvgIpc) is 2.35. The van der Waals surface area contributed by atoms with E-state index < -0.39 is 5.97 Å². The zero-order valence-corrected chi connectivity index (χ0v) is 9.97. The number of rotatable bonds is 7. The van der Waals surface area contributed by atoms with Crippen molar-refractivity contribution in [2.45, 2.75) is 0 Å². The predicted octanol–water partition coefficient (Wildman–Crippen LogP) is -0.0457. The van der Waals surface area contributed by atoms with Crippen molar-refractivity contribution in [3.05, 3.63) is 24.0 Å². The molecular formula is C11H15N3O4. The van der Waals surface area contributed by atoms with Gasteiger partial charge in [-0.3, -0.25) is 9.78 Å². The number of hydrogen-bond donors (Lipinski definition) is 3. The maximum absolute atomic E-state index is 11.5. The predicted molar refractivity (Wildman–Crippen MR) is 64.6 cm³/mol. The van der Waals surface area contributed by atoms with Crippen molar-refractivity contribution in [2.24, 2.45) is 0 Å². The SMILES string of the molecule is COCCNCC(=O)Nc1cncc(C(=O)O)c1. The average molecular weight is 253 g/mol. The Balaban J connectivity index is 2.44. The van der Waals surface area contributed by atoms with Gasteiger partial charge in [0, 0.05) is 19.9 Å². The summed E-state index contributed by atoms with van der Waals surface area (Å²) in [6.07, 6.45) is 2.61. The number of carboxylic acid groups (broad SMARTS) is 1. The molecule has 0 aliphatic heterocycles. The first kappa shape index (κ1) is 14.1. The molecule has 0 bridgehead atoms. The summed E-state index contributed by atoms with van der Waals surface area (Å²) in [7, 11) is 1.57. The van der Waals surface area contributed by atoms with E-state index >= 15 is 0 Å². The van der Waals surface area contributed by atoms with E-state index in [1.807, 2.05) is 0 Å². The van der Waals surface area contributed by atoms with Crippen molar-refractivity contribution in [1.82, 2.24) is 10.3 Å². The number of anilines is 1. The van der Waals surface area contributed by atoms with Crippen LogP contribution in [0.5, 0.6) is 0 Å². The van der Waals surface area contributed by atoms with E-state index in [-0.39, 0.29) is 18.0 Å². The Labute approximate surface area is 104 Å². The monoisotopic (exact) mass is 253 g/mol. The molecule has 7 heteroatoms. The minimum Gasteiger partial charge on any atom is -0.478 e. The van der Waals surface area contributed by atoms with E-state index in [1.54, 1.807) is 7.11 Å². The molecule has 1 rings (SSSR count). The number of nitrogens with one attached hydrogen (secondary N) is 2. The number of methoxy groups -OCH3 is 1. The number of aromatic carboxylic acids is 1. The maximum atomic E-state index is 11.5. The van der Waals surface area contributed by atoms with Crippen molar-refractivity contribution >= 4 is 17.6 Å². The summed E-state index contributed by atoms with van der Waals surface area (Å²) < 4.78 is 4.81. The Hall–Kier alpha value is -1.99. The standard InChI is InChI=1S/C11H15N3O4/c1-18-3-2-12-7-10(15)14-9-4-8(11(16)17)5-13-6-9/h4-6,12H,2-3,7H2,1H3,(H,14,15)(H,16,17). The van der Waals surface area contributed by atoms with Gasteiger partial charge >= 0.3 is 5.97 Å². The second-order valence-electron chi connectivity index (χ2n) is 3.49. The van der Waals surface area contributed by atoms with Crippen LogP contribution in [0.25, 0.3) is 0 Å². The lowest BCUT2D eigenvalue weighted by Gasteiger charge is -2.06. The number of nitrogens with zero attached hydrogens (tertiary/aromatic N) is 1. The fourth-order valence-electron chi connectivity index (χ4n) is 1.21. The zero-order chi connectivity index (χ0) is 13.4. The normalized spacial score (nSPS) is 10.1. The largest absolute Gasteiger partial charge is 0.478 e. The van der Waals surface area contributed by atoms with Crippen LogP contribution in [0, 0.1) is 0 Å². The molecule has 1 aromatic rings. The molecule has 0 spiro atoms.